The third-order valence-corrected chi connectivity index (χ3v) is 5.70. The molecule has 1 saturated heterocycles. The second-order valence-electron chi connectivity index (χ2n) is 8.33. The number of fused-ring (bicyclic) bond motifs is 1. The molecule has 0 saturated carbocycles. The topological polar surface area (TPSA) is 63.1 Å². The van der Waals surface area contributed by atoms with Gasteiger partial charge in [-0.3, -0.25) is 9.69 Å². The van der Waals surface area contributed by atoms with Crippen molar-refractivity contribution in [3.05, 3.63) is 52.8 Å². The van der Waals surface area contributed by atoms with Gasteiger partial charge in [-0.05, 0) is 63.5 Å². The molecule has 1 aliphatic heterocycles. The number of nitrogens with one attached hydrogen (secondary N) is 1. The first kappa shape index (κ1) is 22.3. The largest absolute Gasteiger partial charge is 0.417 e. The maximum atomic E-state index is 13.5. The van der Waals surface area contributed by atoms with E-state index in [0.29, 0.717) is 5.69 Å². The van der Waals surface area contributed by atoms with Crippen molar-refractivity contribution in [2.75, 3.05) is 18.4 Å². The molecule has 6 nitrogen and oxygen atoms in total. The summed E-state index contributed by atoms with van der Waals surface area (Å²) in [5.74, 6) is -0.380. The lowest BCUT2D eigenvalue weighted by molar-refractivity contribution is -0.136. The van der Waals surface area contributed by atoms with E-state index in [2.05, 4.69) is 20.3 Å². The van der Waals surface area contributed by atoms with Gasteiger partial charge in [0.05, 0.1) is 16.6 Å². The number of carbonyl (C=O) groups excluding carboxylic acids is 1. The van der Waals surface area contributed by atoms with Crippen LogP contribution in [0.25, 0.3) is 11.0 Å². The highest BCUT2D eigenvalue weighted by atomic mass is 19.4. The normalized spacial score (nSPS) is 15.3. The molecule has 170 valence electrons. The third-order valence-electron chi connectivity index (χ3n) is 5.70. The Kier molecular flexibility index (Phi) is 6.19. The predicted molar refractivity (Wildman–Crippen MR) is 116 cm³/mol. The zero-order chi connectivity index (χ0) is 22.9. The number of nitrogens with zero attached hydrogens (tertiary/aromatic N) is 4. The molecular formula is C23H26F3N5O. The van der Waals surface area contributed by atoms with Crippen molar-refractivity contribution in [1.82, 2.24) is 19.7 Å². The van der Waals surface area contributed by atoms with Crippen LogP contribution in [-0.2, 0) is 24.1 Å². The summed E-state index contributed by atoms with van der Waals surface area (Å²) in [5, 5.41) is 6.87. The van der Waals surface area contributed by atoms with Crippen LogP contribution in [0.1, 0.15) is 41.8 Å². The van der Waals surface area contributed by atoms with Crippen LogP contribution >= 0.6 is 0 Å². The molecule has 0 spiro atoms. The lowest BCUT2D eigenvalue weighted by Gasteiger charge is -2.26. The Bertz CT molecular complexity index is 1120. The molecule has 1 fully saturated rings. The summed E-state index contributed by atoms with van der Waals surface area (Å²) in [7, 11) is 0. The number of benzene rings is 1. The standard InChI is InChI=1S/C23H26F3N5O/c1-15-12-19(23(24,25)26)21-16(2)29-31(22(21)27-15)14-20(32)28-18-8-6-17(7-9-18)13-30-10-4-3-5-11-30/h6-9,12H,3-5,10-11,13-14H2,1-2H3,(H,28,32). The number of alkyl halides is 3. The second-order valence-corrected chi connectivity index (χ2v) is 8.33. The SMILES string of the molecule is Cc1cc(C(F)(F)F)c2c(C)nn(CC(=O)Nc3ccc(CN4CCCCC4)cc3)c2n1. The average Bonchev–Trinajstić information content (AvgIpc) is 3.03. The monoisotopic (exact) mass is 445 g/mol. The van der Waals surface area contributed by atoms with Gasteiger partial charge in [-0.2, -0.15) is 18.3 Å². The number of halogens is 3. The number of rotatable bonds is 5. The van der Waals surface area contributed by atoms with Gasteiger partial charge in [0.1, 0.15) is 6.54 Å². The van der Waals surface area contributed by atoms with Crippen molar-refractivity contribution in [3.63, 3.8) is 0 Å². The number of pyridine rings is 1. The lowest BCUT2D eigenvalue weighted by atomic mass is 10.1. The molecule has 0 atom stereocenters. The molecular weight excluding hydrogens is 419 g/mol. The molecule has 1 N–H and O–H groups in total. The van der Waals surface area contributed by atoms with Crippen LogP contribution in [0.4, 0.5) is 18.9 Å². The van der Waals surface area contributed by atoms with Crippen LogP contribution in [0.2, 0.25) is 0 Å². The summed E-state index contributed by atoms with van der Waals surface area (Å²) in [6.07, 6.45) is -0.773. The van der Waals surface area contributed by atoms with Crippen LogP contribution in [0.5, 0.6) is 0 Å². The predicted octanol–water partition coefficient (Wildman–Crippen LogP) is 4.69. The first-order valence-corrected chi connectivity index (χ1v) is 10.7. The smallest absolute Gasteiger partial charge is 0.324 e. The summed E-state index contributed by atoms with van der Waals surface area (Å²) < 4.78 is 41.6. The molecule has 0 bridgehead atoms. The Morgan fingerprint density at radius 1 is 1.09 bits per heavy atom. The van der Waals surface area contributed by atoms with Crippen LogP contribution in [0, 0.1) is 13.8 Å². The van der Waals surface area contributed by atoms with Gasteiger partial charge in [0.25, 0.3) is 0 Å². The molecule has 0 unspecified atom stereocenters. The summed E-state index contributed by atoms with van der Waals surface area (Å²) in [5.41, 5.74) is 1.49. The molecule has 1 amide bonds. The van der Waals surface area contributed by atoms with Crippen molar-refractivity contribution >= 4 is 22.6 Å². The van der Waals surface area contributed by atoms with Crippen LogP contribution in [0.15, 0.2) is 30.3 Å². The number of hydrogen-bond acceptors (Lipinski definition) is 4. The van der Waals surface area contributed by atoms with Gasteiger partial charge in [-0.15, -0.1) is 0 Å². The molecule has 3 aromatic rings. The van der Waals surface area contributed by atoms with Gasteiger partial charge < -0.3 is 5.32 Å². The number of anilines is 1. The fourth-order valence-electron chi connectivity index (χ4n) is 4.22. The van der Waals surface area contributed by atoms with Crippen molar-refractivity contribution in [1.29, 1.82) is 0 Å². The molecule has 0 aliphatic carbocycles. The fraction of sp³-hybridized carbons (Fsp3) is 0.435. The van der Waals surface area contributed by atoms with E-state index >= 15 is 0 Å². The van der Waals surface area contributed by atoms with Crippen molar-refractivity contribution < 1.29 is 18.0 Å². The van der Waals surface area contributed by atoms with E-state index < -0.39 is 11.7 Å². The van der Waals surface area contributed by atoms with Crippen LogP contribution in [0.3, 0.4) is 0 Å². The fourth-order valence-corrected chi connectivity index (χ4v) is 4.22. The lowest BCUT2D eigenvalue weighted by Crippen LogP contribution is -2.29. The Morgan fingerprint density at radius 3 is 2.44 bits per heavy atom. The first-order valence-electron chi connectivity index (χ1n) is 10.7. The number of aromatic nitrogens is 3. The van der Waals surface area contributed by atoms with E-state index in [1.54, 1.807) is 0 Å². The minimum absolute atomic E-state index is 0.0573. The molecule has 1 aliphatic rings. The molecule has 9 heteroatoms. The maximum Gasteiger partial charge on any atom is 0.417 e. The number of carbonyl (C=O) groups is 1. The highest BCUT2D eigenvalue weighted by Gasteiger charge is 2.35. The molecule has 2 aromatic heterocycles. The van der Waals surface area contributed by atoms with Crippen LogP contribution < -0.4 is 5.32 Å². The summed E-state index contributed by atoms with van der Waals surface area (Å²) in [6, 6.07) is 8.66. The van der Waals surface area contributed by atoms with Gasteiger partial charge in [-0.1, -0.05) is 18.6 Å². The number of aryl methyl sites for hydroxylation is 2. The minimum atomic E-state index is -4.53. The molecule has 4 rings (SSSR count). The summed E-state index contributed by atoms with van der Waals surface area (Å²) in [6.45, 7) is 5.86. The van der Waals surface area contributed by atoms with Gasteiger partial charge in [0.15, 0.2) is 5.65 Å². The Morgan fingerprint density at radius 2 is 1.78 bits per heavy atom. The number of likely N-dealkylation sites (tertiary alicyclic amines) is 1. The average molecular weight is 445 g/mol. The van der Waals surface area contributed by atoms with E-state index in [4.69, 9.17) is 0 Å². The van der Waals surface area contributed by atoms with Crippen LogP contribution in [-0.4, -0.2) is 38.7 Å². The molecule has 0 radical (unpaired) electrons. The second kappa shape index (κ2) is 8.90. The zero-order valence-electron chi connectivity index (χ0n) is 18.2. The quantitative estimate of drug-likeness (QED) is 0.619. The number of amides is 1. The van der Waals surface area contributed by atoms with Gasteiger partial charge in [0, 0.05) is 17.9 Å². The Hall–Kier alpha value is -2.94. The maximum absolute atomic E-state index is 13.5. The van der Waals surface area contributed by atoms with Gasteiger partial charge in [0.2, 0.25) is 5.91 Å². The van der Waals surface area contributed by atoms with Crippen molar-refractivity contribution in [2.24, 2.45) is 0 Å². The van der Waals surface area contributed by atoms with Gasteiger partial charge >= 0.3 is 6.18 Å². The van der Waals surface area contributed by atoms with Crippen molar-refractivity contribution in [3.8, 4) is 0 Å². The molecule has 3 heterocycles. The van der Waals surface area contributed by atoms with E-state index in [0.717, 1.165) is 25.7 Å². The molecule has 1 aromatic carbocycles. The van der Waals surface area contributed by atoms with E-state index in [9.17, 15) is 18.0 Å². The van der Waals surface area contributed by atoms with Gasteiger partial charge in [-0.25, -0.2) is 9.67 Å². The summed E-state index contributed by atoms with van der Waals surface area (Å²) >= 11 is 0. The Balaban J connectivity index is 1.47. The first-order chi connectivity index (χ1) is 15.2. The van der Waals surface area contributed by atoms with E-state index in [1.165, 1.54) is 43.4 Å². The highest BCUT2D eigenvalue weighted by Crippen LogP contribution is 2.36. The third kappa shape index (κ3) is 4.93. The summed E-state index contributed by atoms with van der Waals surface area (Å²) in [4.78, 5) is 19.2. The number of hydrogen-bond donors (Lipinski definition) is 1. The zero-order valence-corrected chi connectivity index (χ0v) is 18.2. The Labute approximate surface area is 184 Å². The van der Waals surface area contributed by atoms with Crippen molar-refractivity contribution in [2.45, 2.75) is 52.4 Å². The number of piperidine rings is 1. The van der Waals surface area contributed by atoms with E-state index in [1.807, 2.05) is 24.3 Å². The minimum Gasteiger partial charge on any atom is -0.324 e. The highest BCUT2D eigenvalue weighted by molar-refractivity contribution is 5.92. The molecule has 32 heavy (non-hydrogen) atoms. The van der Waals surface area contributed by atoms with E-state index in [-0.39, 0.29) is 34.9 Å².